The lowest BCUT2D eigenvalue weighted by molar-refractivity contribution is -0.134. The highest BCUT2D eigenvalue weighted by Crippen LogP contribution is 2.06. The second-order valence-corrected chi connectivity index (χ2v) is 3.87. The number of benzene rings is 1. The third-order valence-electron chi connectivity index (χ3n) is 2.63. The lowest BCUT2D eigenvalue weighted by Gasteiger charge is -2.22. The van der Waals surface area contributed by atoms with Crippen LogP contribution in [0.25, 0.3) is 0 Å². The van der Waals surface area contributed by atoms with Gasteiger partial charge in [-0.2, -0.15) is 0 Å². The molecule has 0 aromatic heterocycles. The molecule has 0 spiro atoms. The summed E-state index contributed by atoms with van der Waals surface area (Å²) < 4.78 is 18.6. The normalized spacial score (nSPS) is 19.9. The number of halogens is 1. The monoisotopic (exact) mass is 238 g/mol. The van der Waals surface area contributed by atoms with Crippen LogP contribution in [0.1, 0.15) is 5.56 Å². The molecule has 0 saturated carbocycles. The van der Waals surface area contributed by atoms with Gasteiger partial charge in [0.15, 0.2) is 0 Å². The van der Waals surface area contributed by atoms with Gasteiger partial charge in [-0.3, -0.25) is 4.79 Å². The molecule has 1 heterocycles. The molecule has 1 atom stereocenters. The summed E-state index contributed by atoms with van der Waals surface area (Å²) in [5, 5.41) is 5.73. The number of hydrogen-bond donors (Lipinski definition) is 2. The molecule has 1 aromatic carbocycles. The molecule has 1 unspecified atom stereocenters. The summed E-state index contributed by atoms with van der Waals surface area (Å²) in [5.41, 5.74) is 0.476. The minimum Gasteiger partial charge on any atom is -0.366 e. The summed E-state index contributed by atoms with van der Waals surface area (Å²) in [6, 6.07) is 6.38. The molecular formula is C12H15FN2O2. The molecule has 5 heteroatoms. The molecule has 0 bridgehead atoms. The molecule has 0 radical (unpaired) electrons. The smallest absolute Gasteiger partial charge is 0.250 e. The van der Waals surface area contributed by atoms with Crippen LogP contribution >= 0.6 is 0 Å². The van der Waals surface area contributed by atoms with Crippen molar-refractivity contribution in [3.8, 4) is 0 Å². The van der Waals surface area contributed by atoms with Crippen LogP contribution in [-0.4, -0.2) is 31.7 Å². The highest BCUT2D eigenvalue weighted by molar-refractivity contribution is 5.81. The van der Waals surface area contributed by atoms with Gasteiger partial charge in [0.05, 0.1) is 6.61 Å². The van der Waals surface area contributed by atoms with Gasteiger partial charge in [-0.15, -0.1) is 0 Å². The predicted octanol–water partition coefficient (Wildman–Crippen LogP) is 0.430. The van der Waals surface area contributed by atoms with Crippen molar-refractivity contribution in [3.05, 3.63) is 35.6 Å². The van der Waals surface area contributed by atoms with Gasteiger partial charge in [-0.25, -0.2) is 4.39 Å². The Hall–Kier alpha value is -1.46. The van der Waals surface area contributed by atoms with Crippen LogP contribution in [0.5, 0.6) is 0 Å². The van der Waals surface area contributed by atoms with Gasteiger partial charge >= 0.3 is 0 Å². The van der Waals surface area contributed by atoms with Crippen molar-refractivity contribution in [3.63, 3.8) is 0 Å². The van der Waals surface area contributed by atoms with Crippen LogP contribution in [0.2, 0.25) is 0 Å². The number of carbonyl (C=O) groups excluding carboxylic acids is 1. The zero-order valence-corrected chi connectivity index (χ0v) is 9.41. The van der Waals surface area contributed by atoms with E-state index in [1.165, 1.54) is 6.07 Å². The highest BCUT2D eigenvalue weighted by Gasteiger charge is 2.21. The Labute approximate surface area is 99.2 Å². The SMILES string of the molecule is O=C(NCc1ccccc1F)C1CNCCO1. The lowest BCUT2D eigenvalue weighted by Crippen LogP contribution is -2.47. The Bertz CT molecular complexity index is 392. The summed E-state index contributed by atoms with van der Waals surface area (Å²) in [6.07, 6.45) is -0.476. The van der Waals surface area contributed by atoms with Crippen LogP contribution in [0.4, 0.5) is 4.39 Å². The van der Waals surface area contributed by atoms with E-state index in [2.05, 4.69) is 10.6 Å². The first-order valence-corrected chi connectivity index (χ1v) is 5.61. The number of carbonyl (C=O) groups is 1. The topological polar surface area (TPSA) is 50.4 Å². The van der Waals surface area contributed by atoms with Gasteiger partial charge in [0.25, 0.3) is 5.91 Å². The largest absolute Gasteiger partial charge is 0.366 e. The van der Waals surface area contributed by atoms with Crippen molar-refractivity contribution in [2.45, 2.75) is 12.6 Å². The first kappa shape index (κ1) is 12.0. The molecule has 17 heavy (non-hydrogen) atoms. The number of amides is 1. The van der Waals surface area contributed by atoms with E-state index in [1.54, 1.807) is 18.2 Å². The quantitative estimate of drug-likeness (QED) is 0.803. The lowest BCUT2D eigenvalue weighted by atomic mass is 10.2. The summed E-state index contributed by atoms with van der Waals surface area (Å²) in [7, 11) is 0. The summed E-state index contributed by atoms with van der Waals surface area (Å²) in [4.78, 5) is 11.7. The molecule has 1 amide bonds. The zero-order valence-electron chi connectivity index (χ0n) is 9.41. The molecule has 1 aliphatic rings. The van der Waals surface area contributed by atoms with Crippen LogP contribution in [-0.2, 0) is 16.1 Å². The maximum atomic E-state index is 13.3. The minimum absolute atomic E-state index is 0.186. The first-order valence-electron chi connectivity index (χ1n) is 5.61. The van der Waals surface area contributed by atoms with E-state index in [9.17, 15) is 9.18 Å². The molecule has 92 valence electrons. The second kappa shape index (κ2) is 5.75. The van der Waals surface area contributed by atoms with E-state index in [-0.39, 0.29) is 18.3 Å². The summed E-state index contributed by atoms with van der Waals surface area (Å²) in [6.45, 7) is 1.98. The third-order valence-corrected chi connectivity index (χ3v) is 2.63. The number of hydrogen-bond acceptors (Lipinski definition) is 3. The Morgan fingerprint density at radius 2 is 2.35 bits per heavy atom. The average molecular weight is 238 g/mol. The van der Waals surface area contributed by atoms with Crippen molar-refractivity contribution in [1.82, 2.24) is 10.6 Å². The number of nitrogens with one attached hydrogen (secondary N) is 2. The maximum Gasteiger partial charge on any atom is 0.250 e. The second-order valence-electron chi connectivity index (χ2n) is 3.87. The Morgan fingerprint density at radius 3 is 3.06 bits per heavy atom. The van der Waals surface area contributed by atoms with Crippen molar-refractivity contribution >= 4 is 5.91 Å². The Balaban J connectivity index is 1.85. The Kier molecular flexibility index (Phi) is 4.06. The molecule has 1 saturated heterocycles. The van der Waals surface area contributed by atoms with Gasteiger partial charge in [-0.1, -0.05) is 18.2 Å². The minimum atomic E-state index is -0.476. The number of rotatable bonds is 3. The van der Waals surface area contributed by atoms with E-state index in [1.807, 2.05) is 0 Å². The van der Waals surface area contributed by atoms with Crippen molar-refractivity contribution < 1.29 is 13.9 Å². The van der Waals surface area contributed by atoms with Crippen LogP contribution < -0.4 is 10.6 Å². The van der Waals surface area contributed by atoms with E-state index < -0.39 is 6.10 Å². The molecule has 4 nitrogen and oxygen atoms in total. The van der Waals surface area contributed by atoms with E-state index in [4.69, 9.17) is 4.74 Å². The van der Waals surface area contributed by atoms with E-state index >= 15 is 0 Å². The van der Waals surface area contributed by atoms with Gasteiger partial charge in [-0.05, 0) is 6.07 Å². The van der Waals surface area contributed by atoms with Gasteiger partial charge in [0.2, 0.25) is 0 Å². The number of morpholine rings is 1. The van der Waals surface area contributed by atoms with Crippen LogP contribution in [0.15, 0.2) is 24.3 Å². The predicted molar refractivity (Wildman–Crippen MR) is 60.9 cm³/mol. The summed E-state index contributed by atoms with van der Waals surface area (Å²) >= 11 is 0. The standard InChI is InChI=1S/C12H15FN2O2/c13-10-4-2-1-3-9(10)7-15-12(16)11-8-14-5-6-17-11/h1-4,11,14H,5-8H2,(H,15,16). The Morgan fingerprint density at radius 1 is 1.53 bits per heavy atom. The fourth-order valence-electron chi connectivity index (χ4n) is 1.67. The maximum absolute atomic E-state index is 13.3. The molecule has 0 aliphatic carbocycles. The third kappa shape index (κ3) is 3.25. The molecular weight excluding hydrogens is 223 g/mol. The fraction of sp³-hybridized carbons (Fsp3) is 0.417. The van der Waals surface area contributed by atoms with Crippen molar-refractivity contribution in [2.75, 3.05) is 19.7 Å². The van der Waals surface area contributed by atoms with Crippen LogP contribution in [0.3, 0.4) is 0 Å². The zero-order chi connectivity index (χ0) is 12.1. The van der Waals surface area contributed by atoms with E-state index in [0.717, 1.165) is 6.54 Å². The van der Waals surface area contributed by atoms with Crippen molar-refractivity contribution in [1.29, 1.82) is 0 Å². The molecule has 2 N–H and O–H groups in total. The van der Waals surface area contributed by atoms with E-state index in [0.29, 0.717) is 18.7 Å². The number of ether oxygens (including phenoxy) is 1. The average Bonchev–Trinajstić information content (AvgIpc) is 2.38. The molecule has 2 rings (SSSR count). The highest BCUT2D eigenvalue weighted by atomic mass is 19.1. The first-order chi connectivity index (χ1) is 8.27. The molecule has 1 aliphatic heterocycles. The summed E-state index contributed by atoms with van der Waals surface area (Å²) in [5.74, 6) is -0.518. The molecule has 1 fully saturated rings. The van der Waals surface area contributed by atoms with Crippen molar-refractivity contribution in [2.24, 2.45) is 0 Å². The van der Waals surface area contributed by atoms with Crippen LogP contribution in [0, 0.1) is 5.82 Å². The fourth-order valence-corrected chi connectivity index (χ4v) is 1.67. The molecule has 1 aromatic rings. The van der Waals surface area contributed by atoms with Gasteiger partial charge < -0.3 is 15.4 Å². The van der Waals surface area contributed by atoms with Gasteiger partial charge in [0.1, 0.15) is 11.9 Å². The van der Waals surface area contributed by atoms with Gasteiger partial charge in [0, 0.05) is 25.2 Å².